The van der Waals surface area contributed by atoms with Gasteiger partial charge in [-0.15, -0.1) is 13.2 Å². The van der Waals surface area contributed by atoms with Crippen LogP contribution in [0.25, 0.3) is 0 Å². The van der Waals surface area contributed by atoms with Crippen LogP contribution in [0.4, 0.5) is 13.2 Å². The van der Waals surface area contributed by atoms with Crippen molar-refractivity contribution in [2.24, 2.45) is 5.92 Å². The molecule has 0 aliphatic carbocycles. The van der Waals surface area contributed by atoms with Crippen molar-refractivity contribution < 1.29 is 17.9 Å². The van der Waals surface area contributed by atoms with Crippen molar-refractivity contribution in [3.63, 3.8) is 0 Å². The Labute approximate surface area is 118 Å². The molecule has 114 valence electrons. The number of halogens is 3. The summed E-state index contributed by atoms with van der Waals surface area (Å²) in [5.41, 5.74) is 0.515. The number of para-hydroxylation sites is 1. The zero-order valence-electron chi connectivity index (χ0n) is 12.1. The number of alkyl halides is 3. The van der Waals surface area contributed by atoms with Gasteiger partial charge in [-0.25, -0.2) is 0 Å². The lowest BCUT2D eigenvalue weighted by Crippen LogP contribution is -2.28. The first-order valence-corrected chi connectivity index (χ1v) is 6.88. The lowest BCUT2D eigenvalue weighted by atomic mass is 10.0. The molecule has 0 bridgehead atoms. The van der Waals surface area contributed by atoms with Crippen LogP contribution in [-0.4, -0.2) is 12.4 Å². The second-order valence-corrected chi connectivity index (χ2v) is 5.19. The van der Waals surface area contributed by atoms with Crippen LogP contribution in [-0.2, 0) is 6.54 Å². The summed E-state index contributed by atoms with van der Waals surface area (Å²) in [4.78, 5) is 0. The Morgan fingerprint density at radius 3 is 2.45 bits per heavy atom. The highest BCUT2D eigenvalue weighted by molar-refractivity contribution is 5.33. The molecule has 2 unspecified atom stereocenters. The fourth-order valence-electron chi connectivity index (χ4n) is 2.01. The Morgan fingerprint density at radius 1 is 1.20 bits per heavy atom. The van der Waals surface area contributed by atoms with Crippen molar-refractivity contribution in [1.82, 2.24) is 5.32 Å². The Morgan fingerprint density at radius 2 is 1.85 bits per heavy atom. The van der Waals surface area contributed by atoms with Crippen molar-refractivity contribution >= 4 is 0 Å². The van der Waals surface area contributed by atoms with Gasteiger partial charge in [0.2, 0.25) is 0 Å². The topological polar surface area (TPSA) is 21.3 Å². The Kier molecular flexibility index (Phi) is 6.33. The van der Waals surface area contributed by atoms with E-state index in [1.807, 2.05) is 6.92 Å². The van der Waals surface area contributed by atoms with E-state index in [4.69, 9.17) is 0 Å². The largest absolute Gasteiger partial charge is 0.573 e. The van der Waals surface area contributed by atoms with Gasteiger partial charge in [0.25, 0.3) is 0 Å². The van der Waals surface area contributed by atoms with Crippen molar-refractivity contribution in [3.05, 3.63) is 29.8 Å². The molecule has 0 saturated carbocycles. The Bertz CT molecular complexity index is 406. The van der Waals surface area contributed by atoms with Gasteiger partial charge in [-0.3, -0.25) is 0 Å². The van der Waals surface area contributed by atoms with E-state index in [2.05, 4.69) is 23.9 Å². The molecule has 0 fully saturated rings. The molecule has 0 aliphatic heterocycles. The molecule has 1 rings (SSSR count). The molecule has 2 nitrogen and oxygen atoms in total. The number of hydrogen-bond acceptors (Lipinski definition) is 2. The molecule has 0 aromatic heterocycles. The first-order chi connectivity index (χ1) is 9.31. The summed E-state index contributed by atoms with van der Waals surface area (Å²) in [5, 5.41) is 3.24. The third-order valence-electron chi connectivity index (χ3n) is 3.29. The van der Waals surface area contributed by atoms with Crippen LogP contribution in [0.2, 0.25) is 0 Å². The number of nitrogens with one attached hydrogen (secondary N) is 1. The van der Waals surface area contributed by atoms with E-state index < -0.39 is 6.36 Å². The van der Waals surface area contributed by atoms with E-state index in [1.54, 1.807) is 12.1 Å². The zero-order chi connectivity index (χ0) is 15.2. The Hall–Kier alpha value is -1.23. The molecule has 0 aliphatic rings. The summed E-state index contributed by atoms with van der Waals surface area (Å²) in [6.07, 6.45) is -2.56. The summed E-state index contributed by atoms with van der Waals surface area (Å²) in [5.74, 6) is 0.461. The number of hydrogen-bond donors (Lipinski definition) is 1. The quantitative estimate of drug-likeness (QED) is 0.798. The minimum absolute atomic E-state index is 0.136. The van der Waals surface area contributed by atoms with Gasteiger partial charge in [0.15, 0.2) is 0 Å². The van der Waals surface area contributed by atoms with Crippen LogP contribution in [0.5, 0.6) is 5.75 Å². The molecule has 5 heteroatoms. The third-order valence-corrected chi connectivity index (χ3v) is 3.29. The number of rotatable bonds is 7. The van der Waals surface area contributed by atoms with Gasteiger partial charge >= 0.3 is 6.36 Å². The lowest BCUT2D eigenvalue weighted by Gasteiger charge is -2.19. The van der Waals surface area contributed by atoms with Gasteiger partial charge in [-0.1, -0.05) is 38.5 Å². The van der Waals surface area contributed by atoms with Crippen molar-refractivity contribution in [2.45, 2.75) is 52.6 Å². The molecule has 0 amide bonds. The number of benzene rings is 1. The summed E-state index contributed by atoms with van der Waals surface area (Å²) in [7, 11) is 0. The first kappa shape index (κ1) is 16.8. The van der Waals surface area contributed by atoms with Gasteiger partial charge in [-0.2, -0.15) is 0 Å². The van der Waals surface area contributed by atoms with Gasteiger partial charge in [0.1, 0.15) is 5.75 Å². The van der Waals surface area contributed by atoms with E-state index in [1.165, 1.54) is 12.1 Å². The predicted octanol–water partition coefficient (Wildman–Crippen LogP) is 4.50. The second-order valence-electron chi connectivity index (χ2n) is 5.19. The first-order valence-electron chi connectivity index (χ1n) is 6.88. The smallest absolute Gasteiger partial charge is 0.405 e. The maximum absolute atomic E-state index is 12.3. The van der Waals surface area contributed by atoms with Crippen LogP contribution in [0.3, 0.4) is 0 Å². The molecule has 0 radical (unpaired) electrons. The summed E-state index contributed by atoms with van der Waals surface area (Å²) >= 11 is 0. The SMILES string of the molecule is CCC(C)CC(C)NCc1ccccc1OC(F)(F)F. The van der Waals surface area contributed by atoms with Crippen LogP contribution in [0, 0.1) is 5.92 Å². The van der Waals surface area contributed by atoms with Crippen LogP contribution in [0.15, 0.2) is 24.3 Å². The van der Waals surface area contributed by atoms with Crippen molar-refractivity contribution in [2.75, 3.05) is 0 Å². The molecule has 1 aromatic rings. The molecular weight excluding hydrogens is 267 g/mol. The minimum Gasteiger partial charge on any atom is -0.405 e. The fourth-order valence-corrected chi connectivity index (χ4v) is 2.01. The van der Waals surface area contributed by atoms with E-state index in [9.17, 15) is 13.2 Å². The van der Waals surface area contributed by atoms with Gasteiger partial charge in [0.05, 0.1) is 0 Å². The second kappa shape index (κ2) is 7.53. The average molecular weight is 289 g/mol. The summed E-state index contributed by atoms with van der Waals surface area (Å²) in [6.45, 7) is 6.70. The molecule has 1 N–H and O–H groups in total. The number of ether oxygens (including phenoxy) is 1. The highest BCUT2D eigenvalue weighted by atomic mass is 19.4. The fraction of sp³-hybridized carbons (Fsp3) is 0.600. The zero-order valence-corrected chi connectivity index (χ0v) is 12.1. The monoisotopic (exact) mass is 289 g/mol. The highest BCUT2D eigenvalue weighted by Gasteiger charge is 2.31. The maximum Gasteiger partial charge on any atom is 0.573 e. The molecule has 2 atom stereocenters. The van der Waals surface area contributed by atoms with Crippen LogP contribution in [0.1, 0.15) is 39.2 Å². The Balaban J connectivity index is 2.59. The van der Waals surface area contributed by atoms with Gasteiger partial charge in [0, 0.05) is 18.2 Å². The van der Waals surface area contributed by atoms with Crippen LogP contribution >= 0.6 is 0 Å². The van der Waals surface area contributed by atoms with E-state index >= 15 is 0 Å². The van der Waals surface area contributed by atoms with Gasteiger partial charge < -0.3 is 10.1 Å². The third kappa shape index (κ3) is 6.28. The van der Waals surface area contributed by atoms with E-state index in [0.717, 1.165) is 12.8 Å². The summed E-state index contributed by atoms with van der Waals surface area (Å²) in [6, 6.07) is 6.48. The van der Waals surface area contributed by atoms with Gasteiger partial charge in [-0.05, 0) is 25.3 Å². The van der Waals surface area contributed by atoms with Crippen molar-refractivity contribution in [1.29, 1.82) is 0 Å². The predicted molar refractivity (Wildman–Crippen MR) is 73.5 cm³/mol. The van der Waals surface area contributed by atoms with E-state index in [0.29, 0.717) is 18.0 Å². The van der Waals surface area contributed by atoms with Crippen molar-refractivity contribution in [3.8, 4) is 5.75 Å². The normalized spacial score (nSPS) is 14.9. The highest BCUT2D eigenvalue weighted by Crippen LogP contribution is 2.26. The van der Waals surface area contributed by atoms with Crippen LogP contribution < -0.4 is 10.1 Å². The standard InChI is InChI=1S/C15H22F3NO/c1-4-11(2)9-12(3)19-10-13-7-5-6-8-14(13)20-15(16,17)18/h5-8,11-12,19H,4,9-10H2,1-3H3. The summed E-state index contributed by atoms with van der Waals surface area (Å²) < 4.78 is 40.9. The molecule has 1 aromatic carbocycles. The van der Waals surface area contributed by atoms with E-state index in [-0.39, 0.29) is 11.8 Å². The molecule has 20 heavy (non-hydrogen) atoms. The maximum atomic E-state index is 12.3. The molecular formula is C15H22F3NO. The lowest BCUT2D eigenvalue weighted by molar-refractivity contribution is -0.274. The minimum atomic E-state index is -4.65. The molecule has 0 spiro atoms. The molecule has 0 saturated heterocycles. The molecule has 0 heterocycles. The average Bonchev–Trinajstić information content (AvgIpc) is 2.35.